The number of likely N-dealkylation sites (tertiary alicyclic amines) is 1. The summed E-state index contributed by atoms with van der Waals surface area (Å²) in [6.45, 7) is 4.16. The molecule has 0 spiro atoms. The summed E-state index contributed by atoms with van der Waals surface area (Å²) in [5.41, 5.74) is 0.0460. The first kappa shape index (κ1) is 26.4. The van der Waals surface area contributed by atoms with Gasteiger partial charge in [-0.05, 0) is 81.9 Å². The molecule has 0 aromatic heterocycles. The third-order valence-electron chi connectivity index (χ3n) is 7.15. The van der Waals surface area contributed by atoms with Gasteiger partial charge < -0.3 is 20.1 Å². The Morgan fingerprint density at radius 2 is 1.78 bits per heavy atom. The number of carbonyl (C=O) groups is 1. The molecule has 0 bridgehead atoms. The van der Waals surface area contributed by atoms with E-state index in [1.807, 2.05) is 18.2 Å². The molecule has 0 aliphatic carbocycles. The molecule has 2 N–H and O–H groups in total. The van der Waals surface area contributed by atoms with Crippen molar-refractivity contribution in [3.05, 3.63) is 60.2 Å². The van der Waals surface area contributed by atoms with Crippen molar-refractivity contribution in [2.45, 2.75) is 50.6 Å². The zero-order valence-corrected chi connectivity index (χ0v) is 20.3. The van der Waals surface area contributed by atoms with Crippen LogP contribution in [0.15, 0.2) is 54.6 Å². The van der Waals surface area contributed by atoms with Crippen LogP contribution < -0.4 is 15.0 Å². The van der Waals surface area contributed by atoms with Crippen molar-refractivity contribution >= 4 is 11.6 Å². The quantitative estimate of drug-likeness (QED) is 0.559. The predicted molar refractivity (Wildman–Crippen MR) is 132 cm³/mol. The van der Waals surface area contributed by atoms with Crippen LogP contribution in [0.3, 0.4) is 0 Å². The molecular formula is C27H34F3N3O3. The van der Waals surface area contributed by atoms with Crippen molar-refractivity contribution in [3.8, 4) is 5.75 Å². The summed E-state index contributed by atoms with van der Waals surface area (Å²) in [7, 11) is 0. The number of halogens is 3. The molecule has 0 atom stereocenters. The summed E-state index contributed by atoms with van der Waals surface area (Å²) in [5, 5.41) is 14.2. The number of alkyl halides is 3. The van der Waals surface area contributed by atoms with E-state index in [4.69, 9.17) is 0 Å². The van der Waals surface area contributed by atoms with Gasteiger partial charge in [0.25, 0.3) is 5.91 Å². The van der Waals surface area contributed by atoms with Crippen LogP contribution in [0.2, 0.25) is 0 Å². The van der Waals surface area contributed by atoms with Crippen molar-refractivity contribution in [1.82, 2.24) is 10.2 Å². The van der Waals surface area contributed by atoms with Gasteiger partial charge in [-0.1, -0.05) is 36.4 Å². The summed E-state index contributed by atoms with van der Waals surface area (Å²) in [6.07, 6.45) is -1.61. The maximum absolute atomic E-state index is 13.5. The van der Waals surface area contributed by atoms with Crippen molar-refractivity contribution in [1.29, 1.82) is 0 Å². The Morgan fingerprint density at radius 1 is 1.08 bits per heavy atom. The maximum atomic E-state index is 13.5. The summed E-state index contributed by atoms with van der Waals surface area (Å²) < 4.78 is 42.5. The highest BCUT2D eigenvalue weighted by Crippen LogP contribution is 2.31. The Kier molecular flexibility index (Phi) is 8.54. The third-order valence-corrected chi connectivity index (χ3v) is 7.15. The van der Waals surface area contributed by atoms with E-state index in [0.717, 1.165) is 32.5 Å². The number of hydrogen-bond donors (Lipinski definition) is 2. The van der Waals surface area contributed by atoms with E-state index in [0.29, 0.717) is 37.7 Å². The van der Waals surface area contributed by atoms with Gasteiger partial charge in [-0.25, -0.2) is 0 Å². The number of nitrogens with zero attached hydrogens (tertiary/aromatic N) is 2. The first-order chi connectivity index (χ1) is 17.2. The zero-order chi connectivity index (χ0) is 25.6. The van der Waals surface area contributed by atoms with Gasteiger partial charge in [-0.2, -0.15) is 0 Å². The first-order valence-corrected chi connectivity index (χ1v) is 12.6. The average Bonchev–Trinajstić information content (AvgIpc) is 2.85. The number of ether oxygens (including phenoxy) is 1. The third kappa shape index (κ3) is 7.21. The van der Waals surface area contributed by atoms with Gasteiger partial charge in [-0.3, -0.25) is 9.69 Å². The van der Waals surface area contributed by atoms with Gasteiger partial charge in [0.2, 0.25) is 0 Å². The molecule has 9 heteroatoms. The Bertz CT molecular complexity index is 989. The zero-order valence-electron chi connectivity index (χ0n) is 20.3. The van der Waals surface area contributed by atoms with Gasteiger partial charge in [0, 0.05) is 24.8 Å². The minimum atomic E-state index is -4.82. The van der Waals surface area contributed by atoms with Crippen molar-refractivity contribution in [2.24, 2.45) is 5.92 Å². The molecule has 36 heavy (non-hydrogen) atoms. The van der Waals surface area contributed by atoms with E-state index in [-0.39, 0.29) is 18.6 Å². The van der Waals surface area contributed by atoms with Crippen molar-refractivity contribution in [2.75, 3.05) is 37.6 Å². The molecule has 2 aromatic rings. The van der Waals surface area contributed by atoms with Crippen LogP contribution in [0.4, 0.5) is 18.9 Å². The van der Waals surface area contributed by atoms with Gasteiger partial charge in [0.05, 0.1) is 0 Å². The number of benzene rings is 2. The lowest BCUT2D eigenvalue weighted by atomic mass is 9.89. The van der Waals surface area contributed by atoms with E-state index < -0.39 is 17.9 Å². The van der Waals surface area contributed by atoms with Crippen LogP contribution in [0.25, 0.3) is 0 Å². The number of aliphatic hydroxyl groups is 1. The highest BCUT2D eigenvalue weighted by Gasteiger charge is 2.41. The summed E-state index contributed by atoms with van der Waals surface area (Å²) in [6, 6.07) is 15.8. The first-order valence-electron chi connectivity index (χ1n) is 12.6. The minimum absolute atomic E-state index is 0.263. The highest BCUT2D eigenvalue weighted by atomic mass is 19.4. The lowest BCUT2D eigenvalue weighted by Gasteiger charge is -2.37. The Balaban J connectivity index is 1.42. The molecule has 6 nitrogen and oxygen atoms in total. The van der Waals surface area contributed by atoms with Gasteiger partial charge in [0.1, 0.15) is 11.4 Å². The van der Waals surface area contributed by atoms with Gasteiger partial charge >= 0.3 is 6.36 Å². The molecule has 196 valence electrons. The lowest BCUT2D eigenvalue weighted by molar-refractivity contribution is -0.274. The topological polar surface area (TPSA) is 65.0 Å². The summed E-state index contributed by atoms with van der Waals surface area (Å²) in [5.74, 6) is -0.455. The standard InChI is InChI=1S/C27H34F3N3O3/c28-27(29,30)36-24-8-4-7-23(19-24)33(25(34)26(35)12-14-31-15-13-26)18-11-21-9-16-32(17-10-21)20-22-5-2-1-3-6-22/h1-8,19,21,31,35H,9-18,20H2. The minimum Gasteiger partial charge on any atom is -0.406 e. The van der Waals surface area contributed by atoms with Crippen LogP contribution in [0, 0.1) is 5.92 Å². The second-order valence-electron chi connectivity index (χ2n) is 9.78. The Labute approximate surface area is 210 Å². The number of amides is 1. The van der Waals surface area contributed by atoms with Crippen LogP contribution in [-0.2, 0) is 11.3 Å². The molecular weight excluding hydrogens is 471 g/mol. The Hall–Kier alpha value is -2.62. The largest absolute Gasteiger partial charge is 0.573 e. The monoisotopic (exact) mass is 505 g/mol. The molecule has 0 unspecified atom stereocenters. The smallest absolute Gasteiger partial charge is 0.406 e. The van der Waals surface area contributed by atoms with E-state index in [9.17, 15) is 23.1 Å². The molecule has 2 heterocycles. The van der Waals surface area contributed by atoms with Gasteiger partial charge in [-0.15, -0.1) is 13.2 Å². The number of nitrogens with one attached hydrogen (secondary N) is 1. The maximum Gasteiger partial charge on any atom is 0.573 e. The fraction of sp³-hybridized carbons (Fsp3) is 0.519. The van der Waals surface area contributed by atoms with Crippen LogP contribution in [0.5, 0.6) is 5.75 Å². The molecule has 2 aromatic carbocycles. The highest BCUT2D eigenvalue weighted by molar-refractivity contribution is 5.99. The summed E-state index contributed by atoms with van der Waals surface area (Å²) in [4.78, 5) is 17.4. The van der Waals surface area contributed by atoms with Gasteiger partial charge in [0.15, 0.2) is 0 Å². The molecule has 0 radical (unpaired) electrons. The molecule has 1 amide bonds. The number of carbonyl (C=O) groups excluding carboxylic acids is 1. The molecule has 2 aliphatic rings. The normalized spacial score (nSPS) is 19.1. The van der Waals surface area contributed by atoms with Crippen molar-refractivity contribution in [3.63, 3.8) is 0 Å². The number of anilines is 1. The van der Waals surface area contributed by atoms with Crippen molar-refractivity contribution < 1.29 is 27.8 Å². The molecule has 2 saturated heterocycles. The second-order valence-corrected chi connectivity index (χ2v) is 9.78. The fourth-order valence-electron chi connectivity index (χ4n) is 5.09. The van der Waals surface area contributed by atoms with E-state index >= 15 is 0 Å². The molecule has 4 rings (SSSR count). The summed E-state index contributed by atoms with van der Waals surface area (Å²) >= 11 is 0. The number of piperidine rings is 2. The van der Waals surface area contributed by atoms with E-state index in [1.54, 1.807) is 6.07 Å². The second kappa shape index (κ2) is 11.6. The fourth-order valence-corrected chi connectivity index (χ4v) is 5.09. The molecule has 0 saturated carbocycles. The lowest BCUT2D eigenvalue weighted by Crippen LogP contribution is -2.54. The molecule has 2 aliphatic heterocycles. The average molecular weight is 506 g/mol. The molecule has 2 fully saturated rings. The Morgan fingerprint density at radius 3 is 2.44 bits per heavy atom. The van der Waals surface area contributed by atoms with Crippen LogP contribution in [0.1, 0.15) is 37.7 Å². The number of rotatable bonds is 8. The van der Waals surface area contributed by atoms with Crippen LogP contribution >= 0.6 is 0 Å². The SMILES string of the molecule is O=C(N(CCC1CCN(Cc2ccccc2)CC1)c1cccc(OC(F)(F)F)c1)C1(O)CCNCC1. The van der Waals surface area contributed by atoms with Crippen LogP contribution in [-0.4, -0.2) is 60.6 Å². The number of hydrogen-bond acceptors (Lipinski definition) is 5. The van der Waals surface area contributed by atoms with E-state index in [2.05, 4.69) is 27.1 Å². The van der Waals surface area contributed by atoms with E-state index in [1.165, 1.54) is 28.7 Å². The predicted octanol–water partition coefficient (Wildman–Crippen LogP) is 4.34.